The van der Waals surface area contributed by atoms with Crippen molar-refractivity contribution in [1.82, 2.24) is 29.4 Å². The van der Waals surface area contributed by atoms with Gasteiger partial charge in [0.25, 0.3) is 0 Å². The van der Waals surface area contributed by atoms with Gasteiger partial charge in [-0.3, -0.25) is 0 Å². The summed E-state index contributed by atoms with van der Waals surface area (Å²) in [5, 5.41) is 14.6. The Kier molecular flexibility index (Phi) is 3.48. The number of thiophene rings is 1. The van der Waals surface area contributed by atoms with Crippen LogP contribution in [0.5, 0.6) is 0 Å². The molecule has 8 nitrogen and oxygen atoms in total. The van der Waals surface area contributed by atoms with Gasteiger partial charge in [-0.1, -0.05) is 5.21 Å². The fourth-order valence-corrected chi connectivity index (χ4v) is 3.58. The fraction of sp³-hybridized carbons (Fsp3) is 0.154. The molecule has 116 valence electrons. The third-order valence-corrected chi connectivity index (χ3v) is 4.72. The molecule has 4 aromatic rings. The molecule has 10 heteroatoms. The molecule has 0 radical (unpaired) electrons. The van der Waals surface area contributed by atoms with Crippen LogP contribution in [0, 0.1) is 0 Å². The van der Waals surface area contributed by atoms with E-state index in [9.17, 15) is 4.79 Å². The molecule has 0 unspecified atom stereocenters. The monoisotopic (exact) mass is 346 g/mol. The summed E-state index contributed by atoms with van der Waals surface area (Å²) in [6.07, 6.45) is 1.43. The van der Waals surface area contributed by atoms with Crippen LogP contribution in [0.4, 0.5) is 0 Å². The molecule has 0 aromatic carbocycles. The zero-order valence-corrected chi connectivity index (χ0v) is 13.5. The van der Waals surface area contributed by atoms with Crippen molar-refractivity contribution in [1.29, 1.82) is 0 Å². The number of fused-ring (bicyclic) bond motifs is 1. The number of ether oxygens (including phenoxy) is 1. The Morgan fingerprint density at radius 2 is 2.26 bits per heavy atom. The molecule has 0 bridgehead atoms. The number of imidazole rings is 1. The largest absolute Gasteiger partial charge is 0.362 e. The van der Waals surface area contributed by atoms with E-state index in [0.717, 1.165) is 15.9 Å². The number of hydrogen-bond donors (Lipinski definition) is 0. The van der Waals surface area contributed by atoms with Crippen molar-refractivity contribution in [2.75, 3.05) is 7.11 Å². The molecule has 4 aromatic heterocycles. The zero-order valence-electron chi connectivity index (χ0n) is 11.9. The second-order valence-electron chi connectivity index (χ2n) is 4.63. The first-order valence-corrected chi connectivity index (χ1v) is 8.38. The average molecular weight is 346 g/mol. The van der Waals surface area contributed by atoms with Gasteiger partial charge in [0.2, 0.25) is 0 Å². The predicted molar refractivity (Wildman–Crippen MR) is 86.5 cm³/mol. The lowest BCUT2D eigenvalue weighted by Gasteiger charge is -2.01. The molecule has 0 fully saturated rings. The van der Waals surface area contributed by atoms with Crippen LogP contribution in [0.25, 0.3) is 27.6 Å². The number of nitrogens with zero attached hydrogens (tertiary/aromatic N) is 6. The van der Waals surface area contributed by atoms with Crippen LogP contribution in [0.2, 0.25) is 0 Å². The van der Waals surface area contributed by atoms with Gasteiger partial charge in [0.1, 0.15) is 23.8 Å². The Morgan fingerprint density at radius 1 is 1.35 bits per heavy atom. The Bertz CT molecular complexity index is 1020. The maximum Gasteiger partial charge on any atom is 0.355 e. The van der Waals surface area contributed by atoms with Crippen molar-refractivity contribution in [3.05, 3.63) is 39.0 Å². The standard InChI is InChI=1S/C13H10N6O2S2/c1-21-7-19-13(20)18-6-14-10(11(18)16-17-19)12-15-9(5-23-12)8-2-3-22-4-8/h2-6H,7H2,1H3. The summed E-state index contributed by atoms with van der Waals surface area (Å²) in [6.45, 7) is 0.0366. The van der Waals surface area contributed by atoms with Crippen LogP contribution in [0.15, 0.2) is 33.3 Å². The summed E-state index contributed by atoms with van der Waals surface area (Å²) in [4.78, 5) is 21.1. The SMILES string of the molecule is COCn1nnc2c(-c3nc(-c4ccsc4)cs3)ncn2c1=O. The smallest absolute Gasteiger partial charge is 0.355 e. The maximum absolute atomic E-state index is 12.2. The van der Waals surface area contributed by atoms with Gasteiger partial charge >= 0.3 is 5.69 Å². The van der Waals surface area contributed by atoms with E-state index in [0.29, 0.717) is 16.3 Å². The third kappa shape index (κ3) is 2.36. The van der Waals surface area contributed by atoms with E-state index in [1.165, 1.54) is 29.2 Å². The van der Waals surface area contributed by atoms with Gasteiger partial charge in [-0.05, 0) is 11.4 Å². The normalized spacial score (nSPS) is 11.3. The Hall–Kier alpha value is -2.43. The topological polar surface area (TPSA) is 87.2 Å². The summed E-state index contributed by atoms with van der Waals surface area (Å²) in [5.41, 5.74) is 2.52. The quantitative estimate of drug-likeness (QED) is 0.559. The van der Waals surface area contributed by atoms with E-state index in [1.54, 1.807) is 11.3 Å². The molecular formula is C13H10N6O2S2. The van der Waals surface area contributed by atoms with E-state index < -0.39 is 0 Å². The van der Waals surface area contributed by atoms with Crippen LogP contribution in [0.1, 0.15) is 0 Å². The summed E-state index contributed by atoms with van der Waals surface area (Å²) in [6, 6.07) is 2.01. The van der Waals surface area contributed by atoms with Crippen LogP contribution >= 0.6 is 22.7 Å². The molecule has 0 aliphatic rings. The average Bonchev–Trinajstić information content (AvgIpc) is 3.29. The second-order valence-corrected chi connectivity index (χ2v) is 6.26. The van der Waals surface area contributed by atoms with Gasteiger partial charge in [0.05, 0.1) is 5.69 Å². The summed E-state index contributed by atoms with van der Waals surface area (Å²) >= 11 is 3.08. The highest BCUT2D eigenvalue weighted by Crippen LogP contribution is 2.30. The lowest BCUT2D eigenvalue weighted by molar-refractivity contribution is 0.111. The Balaban J connectivity index is 1.81. The van der Waals surface area contributed by atoms with E-state index in [4.69, 9.17) is 4.74 Å². The van der Waals surface area contributed by atoms with Gasteiger partial charge < -0.3 is 4.74 Å². The van der Waals surface area contributed by atoms with E-state index in [2.05, 4.69) is 20.3 Å². The molecule has 0 aliphatic heterocycles. The van der Waals surface area contributed by atoms with Crippen molar-refractivity contribution in [3.8, 4) is 22.0 Å². The molecule has 0 saturated heterocycles. The zero-order chi connectivity index (χ0) is 15.8. The van der Waals surface area contributed by atoms with Gasteiger partial charge in [-0.25, -0.2) is 19.2 Å². The first-order chi connectivity index (χ1) is 11.3. The summed E-state index contributed by atoms with van der Waals surface area (Å²) in [5.74, 6) is 0. The van der Waals surface area contributed by atoms with Crippen molar-refractivity contribution in [3.63, 3.8) is 0 Å². The minimum atomic E-state index is -0.356. The maximum atomic E-state index is 12.2. The van der Waals surface area contributed by atoms with Crippen LogP contribution in [-0.4, -0.2) is 36.5 Å². The number of methoxy groups -OCH3 is 1. The molecule has 0 amide bonds. The highest BCUT2D eigenvalue weighted by Gasteiger charge is 2.16. The fourth-order valence-electron chi connectivity index (χ4n) is 2.12. The van der Waals surface area contributed by atoms with Gasteiger partial charge in [0.15, 0.2) is 5.65 Å². The molecule has 0 saturated carbocycles. The van der Waals surface area contributed by atoms with Crippen molar-refractivity contribution in [2.24, 2.45) is 0 Å². The molecule has 0 spiro atoms. The van der Waals surface area contributed by atoms with E-state index >= 15 is 0 Å². The summed E-state index contributed by atoms with van der Waals surface area (Å²) in [7, 11) is 1.49. The highest BCUT2D eigenvalue weighted by molar-refractivity contribution is 7.13. The van der Waals surface area contributed by atoms with Crippen LogP contribution < -0.4 is 5.69 Å². The van der Waals surface area contributed by atoms with E-state index in [1.807, 2.05) is 22.2 Å². The first kappa shape index (κ1) is 14.2. The molecule has 0 atom stereocenters. The van der Waals surface area contributed by atoms with Gasteiger partial charge in [0, 0.05) is 23.4 Å². The van der Waals surface area contributed by atoms with Gasteiger partial charge in [-0.2, -0.15) is 16.0 Å². The van der Waals surface area contributed by atoms with Crippen molar-refractivity contribution < 1.29 is 4.74 Å². The lowest BCUT2D eigenvalue weighted by Crippen LogP contribution is -2.30. The third-order valence-electron chi connectivity index (χ3n) is 3.19. The van der Waals surface area contributed by atoms with Crippen LogP contribution in [0.3, 0.4) is 0 Å². The van der Waals surface area contributed by atoms with E-state index in [-0.39, 0.29) is 12.4 Å². The lowest BCUT2D eigenvalue weighted by atomic mass is 10.3. The van der Waals surface area contributed by atoms with Crippen molar-refractivity contribution >= 4 is 28.3 Å². The number of aromatic nitrogens is 6. The van der Waals surface area contributed by atoms with Crippen LogP contribution in [-0.2, 0) is 11.5 Å². The Labute approximate surface area is 137 Å². The van der Waals surface area contributed by atoms with Gasteiger partial charge in [-0.15, -0.1) is 16.4 Å². The molecular weight excluding hydrogens is 336 g/mol. The van der Waals surface area contributed by atoms with Crippen molar-refractivity contribution in [2.45, 2.75) is 6.73 Å². The molecule has 0 N–H and O–H groups in total. The minimum Gasteiger partial charge on any atom is -0.362 e. The minimum absolute atomic E-state index is 0.0366. The molecule has 23 heavy (non-hydrogen) atoms. The predicted octanol–water partition coefficient (Wildman–Crippen LogP) is 1.74. The molecule has 4 heterocycles. The molecule has 4 rings (SSSR count). The summed E-state index contributed by atoms with van der Waals surface area (Å²) < 4.78 is 7.37. The Morgan fingerprint density at radius 3 is 3.04 bits per heavy atom. The number of hydrogen-bond acceptors (Lipinski definition) is 8. The highest BCUT2D eigenvalue weighted by atomic mass is 32.1. The molecule has 0 aliphatic carbocycles. The second kappa shape index (κ2) is 5.65. The number of thiazole rings is 1. The first-order valence-electron chi connectivity index (χ1n) is 6.56. The number of rotatable bonds is 4.